The fourth-order valence-electron chi connectivity index (χ4n) is 0.734. The molecular weight excluding hydrogens is 223 g/mol. The Balaban J connectivity index is 2.70. The molecular formula is C9H6Cl2N2O. The van der Waals surface area contributed by atoms with Gasteiger partial charge in [-0.2, -0.15) is 0 Å². The normalized spacial score (nSPS) is 9.57. The number of terminal acetylenes is 1. The van der Waals surface area contributed by atoms with Gasteiger partial charge in [-0.15, -0.1) is 6.42 Å². The van der Waals surface area contributed by atoms with Crippen LogP contribution in [-0.4, -0.2) is 15.7 Å². The number of alkyl halides is 2. The summed E-state index contributed by atoms with van der Waals surface area (Å²) < 4.78 is 0. The summed E-state index contributed by atoms with van der Waals surface area (Å²) >= 11 is 10.7. The number of pyridine rings is 1. The van der Waals surface area contributed by atoms with Crippen molar-refractivity contribution in [3.05, 3.63) is 23.9 Å². The monoisotopic (exact) mass is 228 g/mol. The van der Waals surface area contributed by atoms with Gasteiger partial charge < -0.3 is 5.32 Å². The van der Waals surface area contributed by atoms with Crippen molar-refractivity contribution < 1.29 is 4.79 Å². The second-order valence-electron chi connectivity index (χ2n) is 2.37. The number of amides is 1. The Bertz CT molecular complexity index is 367. The lowest BCUT2D eigenvalue weighted by molar-refractivity contribution is -0.114. The summed E-state index contributed by atoms with van der Waals surface area (Å²) in [6.07, 6.45) is 6.60. The summed E-state index contributed by atoms with van der Waals surface area (Å²) in [5.41, 5.74) is 0.635. The molecule has 14 heavy (non-hydrogen) atoms. The molecule has 0 aliphatic heterocycles. The second kappa shape index (κ2) is 4.85. The molecule has 72 valence electrons. The van der Waals surface area contributed by atoms with Crippen molar-refractivity contribution in [3.8, 4) is 12.3 Å². The van der Waals surface area contributed by atoms with Gasteiger partial charge in [0.15, 0.2) is 4.84 Å². The van der Waals surface area contributed by atoms with Gasteiger partial charge in [-0.25, -0.2) is 4.98 Å². The van der Waals surface area contributed by atoms with Crippen LogP contribution in [0.25, 0.3) is 0 Å². The van der Waals surface area contributed by atoms with E-state index in [2.05, 4.69) is 16.2 Å². The molecule has 0 unspecified atom stereocenters. The quantitative estimate of drug-likeness (QED) is 0.620. The first-order valence-electron chi connectivity index (χ1n) is 3.65. The van der Waals surface area contributed by atoms with E-state index in [1.165, 1.54) is 6.20 Å². The highest BCUT2D eigenvalue weighted by atomic mass is 35.5. The van der Waals surface area contributed by atoms with E-state index in [9.17, 15) is 4.79 Å². The van der Waals surface area contributed by atoms with E-state index < -0.39 is 10.7 Å². The topological polar surface area (TPSA) is 42.0 Å². The van der Waals surface area contributed by atoms with Crippen molar-refractivity contribution in [3.63, 3.8) is 0 Å². The standard InChI is InChI=1S/C9H6Cl2N2O/c1-2-6-3-4-7(12-5-6)13-9(14)8(10)11/h1,3-5,8H,(H,12,13,14). The number of carbonyl (C=O) groups is 1. The van der Waals surface area contributed by atoms with Crippen molar-refractivity contribution in [1.29, 1.82) is 0 Å². The molecule has 3 nitrogen and oxygen atoms in total. The summed E-state index contributed by atoms with van der Waals surface area (Å²) in [6, 6.07) is 3.23. The van der Waals surface area contributed by atoms with E-state index in [1.807, 2.05) is 0 Å². The molecule has 0 saturated heterocycles. The first kappa shape index (κ1) is 10.8. The van der Waals surface area contributed by atoms with E-state index >= 15 is 0 Å². The SMILES string of the molecule is C#Cc1ccc(NC(=O)C(Cl)Cl)nc1. The molecule has 1 rings (SSSR count). The maximum atomic E-state index is 11.0. The number of rotatable bonds is 2. The van der Waals surface area contributed by atoms with Gasteiger partial charge in [-0.3, -0.25) is 4.79 Å². The van der Waals surface area contributed by atoms with Crippen LogP contribution < -0.4 is 5.32 Å². The fraction of sp³-hybridized carbons (Fsp3) is 0.111. The smallest absolute Gasteiger partial charge is 0.258 e. The van der Waals surface area contributed by atoms with E-state index in [0.717, 1.165) is 0 Å². The number of aromatic nitrogens is 1. The van der Waals surface area contributed by atoms with Crippen molar-refractivity contribution in [2.75, 3.05) is 5.32 Å². The molecule has 1 N–H and O–H groups in total. The molecule has 1 aromatic heterocycles. The van der Waals surface area contributed by atoms with Gasteiger partial charge in [0.2, 0.25) is 0 Å². The van der Waals surface area contributed by atoms with Crippen LogP contribution in [-0.2, 0) is 4.79 Å². The Morgan fingerprint density at radius 2 is 2.29 bits per heavy atom. The molecule has 1 amide bonds. The second-order valence-corrected chi connectivity index (χ2v) is 3.46. The van der Waals surface area contributed by atoms with Crippen LogP contribution >= 0.6 is 23.2 Å². The fourth-order valence-corrected chi connectivity index (χ4v) is 0.843. The van der Waals surface area contributed by atoms with Crippen molar-refractivity contribution in [2.45, 2.75) is 4.84 Å². The Hall–Kier alpha value is -1.24. The lowest BCUT2D eigenvalue weighted by atomic mass is 10.3. The molecule has 0 atom stereocenters. The molecule has 0 aliphatic rings. The molecule has 1 heterocycles. The Morgan fingerprint density at radius 3 is 2.71 bits per heavy atom. The van der Waals surface area contributed by atoms with Gasteiger partial charge >= 0.3 is 0 Å². The predicted octanol–water partition coefficient (Wildman–Crippen LogP) is 1.81. The van der Waals surface area contributed by atoms with Gasteiger partial charge in [-0.1, -0.05) is 29.1 Å². The zero-order valence-electron chi connectivity index (χ0n) is 7.00. The predicted molar refractivity (Wildman–Crippen MR) is 56.3 cm³/mol. The molecule has 0 saturated carbocycles. The summed E-state index contributed by atoms with van der Waals surface area (Å²) in [5.74, 6) is 2.25. The number of nitrogens with one attached hydrogen (secondary N) is 1. The Labute approximate surface area is 91.4 Å². The third kappa shape index (κ3) is 2.91. The average molecular weight is 229 g/mol. The molecule has 5 heteroatoms. The number of hydrogen-bond acceptors (Lipinski definition) is 2. The lowest BCUT2D eigenvalue weighted by Gasteiger charge is -2.03. The zero-order chi connectivity index (χ0) is 10.6. The van der Waals surface area contributed by atoms with Crippen molar-refractivity contribution >= 4 is 34.9 Å². The summed E-state index contributed by atoms with van der Waals surface area (Å²) in [4.78, 5) is 13.8. The van der Waals surface area contributed by atoms with Crippen LogP contribution in [0.4, 0.5) is 5.82 Å². The minimum absolute atomic E-state index is 0.361. The van der Waals surface area contributed by atoms with Gasteiger partial charge in [0.25, 0.3) is 5.91 Å². The van der Waals surface area contributed by atoms with Gasteiger partial charge in [0, 0.05) is 11.8 Å². The molecule has 0 spiro atoms. The van der Waals surface area contributed by atoms with E-state index in [0.29, 0.717) is 11.4 Å². The number of anilines is 1. The number of hydrogen-bond donors (Lipinski definition) is 1. The summed E-state index contributed by atoms with van der Waals surface area (Å²) in [7, 11) is 0. The number of nitrogens with zero attached hydrogens (tertiary/aromatic N) is 1. The van der Waals surface area contributed by atoms with E-state index in [-0.39, 0.29) is 0 Å². The van der Waals surface area contributed by atoms with E-state index in [4.69, 9.17) is 29.6 Å². The maximum Gasteiger partial charge on any atom is 0.258 e. The highest BCUT2D eigenvalue weighted by Gasteiger charge is 2.11. The van der Waals surface area contributed by atoms with Gasteiger partial charge in [0.1, 0.15) is 5.82 Å². The molecule has 0 aliphatic carbocycles. The molecule has 0 bridgehead atoms. The first-order chi connectivity index (χ1) is 6.63. The van der Waals surface area contributed by atoms with Crippen molar-refractivity contribution in [1.82, 2.24) is 4.98 Å². The van der Waals surface area contributed by atoms with E-state index in [1.54, 1.807) is 12.1 Å². The zero-order valence-corrected chi connectivity index (χ0v) is 8.51. The van der Waals surface area contributed by atoms with Crippen LogP contribution in [0.15, 0.2) is 18.3 Å². The number of carbonyl (C=O) groups excluding carboxylic acids is 1. The summed E-state index contributed by atoms with van der Waals surface area (Å²) in [5, 5.41) is 2.41. The van der Waals surface area contributed by atoms with Crippen LogP contribution in [0.3, 0.4) is 0 Å². The first-order valence-corrected chi connectivity index (χ1v) is 4.52. The Kier molecular flexibility index (Phi) is 3.75. The molecule has 0 aromatic carbocycles. The Morgan fingerprint density at radius 1 is 1.57 bits per heavy atom. The minimum Gasteiger partial charge on any atom is -0.308 e. The van der Waals surface area contributed by atoms with Gasteiger partial charge in [-0.05, 0) is 12.1 Å². The van der Waals surface area contributed by atoms with Crippen LogP contribution in [0, 0.1) is 12.3 Å². The highest BCUT2D eigenvalue weighted by molar-refractivity contribution is 6.54. The third-order valence-corrected chi connectivity index (χ3v) is 1.78. The molecule has 1 aromatic rings. The molecule has 0 radical (unpaired) electrons. The van der Waals surface area contributed by atoms with Crippen LogP contribution in [0.1, 0.15) is 5.56 Å². The molecule has 0 fully saturated rings. The highest BCUT2D eigenvalue weighted by Crippen LogP contribution is 2.08. The lowest BCUT2D eigenvalue weighted by Crippen LogP contribution is -2.19. The largest absolute Gasteiger partial charge is 0.308 e. The van der Waals surface area contributed by atoms with Crippen molar-refractivity contribution in [2.24, 2.45) is 0 Å². The minimum atomic E-state index is -1.11. The van der Waals surface area contributed by atoms with Crippen LogP contribution in [0.5, 0.6) is 0 Å². The maximum absolute atomic E-state index is 11.0. The number of halogens is 2. The third-order valence-electron chi connectivity index (χ3n) is 1.38. The average Bonchev–Trinajstić information content (AvgIpc) is 2.19. The van der Waals surface area contributed by atoms with Gasteiger partial charge in [0.05, 0.1) is 0 Å². The summed E-state index contributed by atoms with van der Waals surface area (Å²) in [6.45, 7) is 0. The van der Waals surface area contributed by atoms with Crippen LogP contribution in [0.2, 0.25) is 0 Å².